The standard InChI is InChI=1S/C14H20Br2N2O2S/c1-18(13-5-3-2-4-10(13)9-17)21(19,20)14-7-6-11(15)8-12(14)16/h6-8,10,13H,2-5,9,17H2,1H3. The summed E-state index contributed by atoms with van der Waals surface area (Å²) in [5.41, 5.74) is 5.83. The Morgan fingerprint density at radius 3 is 2.57 bits per heavy atom. The van der Waals surface area contributed by atoms with Gasteiger partial charge in [-0.25, -0.2) is 8.42 Å². The third kappa shape index (κ3) is 3.69. The van der Waals surface area contributed by atoms with Gasteiger partial charge in [-0.05, 0) is 59.4 Å². The van der Waals surface area contributed by atoms with Crippen LogP contribution in [0.3, 0.4) is 0 Å². The summed E-state index contributed by atoms with van der Waals surface area (Å²) in [7, 11) is -1.85. The van der Waals surface area contributed by atoms with Crippen molar-refractivity contribution in [3.63, 3.8) is 0 Å². The van der Waals surface area contributed by atoms with E-state index >= 15 is 0 Å². The van der Waals surface area contributed by atoms with Crippen molar-refractivity contribution in [2.75, 3.05) is 13.6 Å². The van der Waals surface area contributed by atoms with Gasteiger partial charge in [-0.3, -0.25) is 0 Å². The van der Waals surface area contributed by atoms with Crippen molar-refractivity contribution in [3.8, 4) is 0 Å². The number of hydrogen-bond acceptors (Lipinski definition) is 3. The number of halogens is 2. The van der Waals surface area contributed by atoms with Gasteiger partial charge in [0.15, 0.2) is 0 Å². The second-order valence-electron chi connectivity index (χ2n) is 5.44. The molecule has 4 nitrogen and oxygen atoms in total. The molecule has 2 rings (SSSR count). The number of nitrogens with zero attached hydrogens (tertiary/aromatic N) is 1. The third-order valence-corrected chi connectivity index (χ3v) is 7.54. The van der Waals surface area contributed by atoms with E-state index in [0.29, 0.717) is 15.9 Å². The monoisotopic (exact) mass is 438 g/mol. The Morgan fingerprint density at radius 2 is 1.95 bits per heavy atom. The van der Waals surface area contributed by atoms with E-state index < -0.39 is 10.0 Å². The van der Waals surface area contributed by atoms with E-state index in [9.17, 15) is 8.42 Å². The van der Waals surface area contributed by atoms with Crippen LogP contribution in [-0.4, -0.2) is 32.4 Å². The SMILES string of the molecule is CN(C1CCCCC1CN)S(=O)(=O)c1ccc(Br)cc1Br. The molecule has 7 heteroatoms. The van der Waals surface area contributed by atoms with Gasteiger partial charge in [-0.2, -0.15) is 4.31 Å². The number of rotatable bonds is 4. The topological polar surface area (TPSA) is 63.4 Å². The summed E-state index contributed by atoms with van der Waals surface area (Å²) in [6, 6.07) is 5.11. The quantitative estimate of drug-likeness (QED) is 0.782. The van der Waals surface area contributed by atoms with Gasteiger partial charge in [0, 0.05) is 22.0 Å². The van der Waals surface area contributed by atoms with Gasteiger partial charge in [0.2, 0.25) is 10.0 Å². The van der Waals surface area contributed by atoms with Crippen molar-refractivity contribution in [1.82, 2.24) is 4.31 Å². The first-order valence-electron chi connectivity index (χ1n) is 7.01. The minimum atomic E-state index is -3.52. The van der Waals surface area contributed by atoms with Gasteiger partial charge in [0.25, 0.3) is 0 Å². The van der Waals surface area contributed by atoms with Crippen LogP contribution < -0.4 is 5.73 Å². The average molecular weight is 440 g/mol. The van der Waals surface area contributed by atoms with Crippen molar-refractivity contribution < 1.29 is 8.42 Å². The van der Waals surface area contributed by atoms with E-state index in [1.54, 1.807) is 25.2 Å². The molecule has 0 heterocycles. The van der Waals surface area contributed by atoms with E-state index in [4.69, 9.17) is 5.73 Å². The number of nitrogens with two attached hydrogens (primary N) is 1. The fourth-order valence-corrected chi connectivity index (χ4v) is 6.11. The van der Waals surface area contributed by atoms with Crippen LogP contribution >= 0.6 is 31.9 Å². The highest BCUT2D eigenvalue weighted by Crippen LogP contribution is 2.33. The van der Waals surface area contributed by atoms with Crippen molar-refractivity contribution in [2.24, 2.45) is 11.7 Å². The minimum Gasteiger partial charge on any atom is -0.330 e. The predicted octanol–water partition coefficient (Wildman–Crippen LogP) is 3.35. The average Bonchev–Trinajstić information content (AvgIpc) is 2.46. The van der Waals surface area contributed by atoms with E-state index in [0.717, 1.165) is 30.2 Å². The van der Waals surface area contributed by atoms with Crippen LogP contribution in [0.2, 0.25) is 0 Å². The van der Waals surface area contributed by atoms with Gasteiger partial charge in [0.1, 0.15) is 0 Å². The van der Waals surface area contributed by atoms with Crippen molar-refractivity contribution in [3.05, 3.63) is 27.1 Å². The highest BCUT2D eigenvalue weighted by molar-refractivity contribution is 9.11. The number of sulfonamides is 1. The van der Waals surface area contributed by atoms with Crippen molar-refractivity contribution in [1.29, 1.82) is 0 Å². The lowest BCUT2D eigenvalue weighted by atomic mass is 9.85. The summed E-state index contributed by atoms with van der Waals surface area (Å²) in [5, 5.41) is 0. The van der Waals surface area contributed by atoms with Crippen LogP contribution in [0.5, 0.6) is 0 Å². The van der Waals surface area contributed by atoms with Crippen molar-refractivity contribution in [2.45, 2.75) is 36.6 Å². The van der Waals surface area contributed by atoms with Crippen LogP contribution in [0.15, 0.2) is 32.0 Å². The summed E-state index contributed by atoms with van der Waals surface area (Å²) in [5.74, 6) is 0.243. The fraction of sp³-hybridized carbons (Fsp3) is 0.571. The highest BCUT2D eigenvalue weighted by atomic mass is 79.9. The molecule has 21 heavy (non-hydrogen) atoms. The molecule has 118 valence electrons. The summed E-state index contributed by atoms with van der Waals surface area (Å²) >= 11 is 6.69. The zero-order chi connectivity index (χ0) is 15.6. The maximum absolute atomic E-state index is 12.9. The summed E-state index contributed by atoms with van der Waals surface area (Å²) in [6.45, 7) is 0.534. The fourth-order valence-electron chi connectivity index (χ4n) is 2.96. The predicted molar refractivity (Wildman–Crippen MR) is 91.6 cm³/mol. The van der Waals surface area contributed by atoms with E-state index in [-0.39, 0.29) is 12.0 Å². The Balaban J connectivity index is 2.33. The second kappa shape index (κ2) is 7.08. The molecule has 1 fully saturated rings. The first kappa shape index (κ1) is 17.4. The molecule has 1 aliphatic rings. The largest absolute Gasteiger partial charge is 0.330 e. The van der Waals surface area contributed by atoms with Crippen LogP contribution in [0, 0.1) is 5.92 Å². The molecule has 0 amide bonds. The van der Waals surface area contributed by atoms with E-state index in [2.05, 4.69) is 31.9 Å². The van der Waals surface area contributed by atoms with Crippen LogP contribution in [0.25, 0.3) is 0 Å². The summed E-state index contributed by atoms with van der Waals surface area (Å²) in [4.78, 5) is 0.301. The van der Waals surface area contributed by atoms with Gasteiger partial charge in [0.05, 0.1) is 4.90 Å². The summed E-state index contributed by atoms with van der Waals surface area (Å²) < 4.78 is 28.7. The second-order valence-corrected chi connectivity index (χ2v) is 9.18. The molecule has 2 N–H and O–H groups in total. The van der Waals surface area contributed by atoms with Gasteiger partial charge in [-0.1, -0.05) is 28.8 Å². The first-order valence-corrected chi connectivity index (χ1v) is 10.0. The molecule has 1 aromatic rings. The normalized spacial score (nSPS) is 23.5. The molecule has 0 radical (unpaired) electrons. The molecular weight excluding hydrogens is 420 g/mol. The molecule has 0 bridgehead atoms. The zero-order valence-corrected chi connectivity index (χ0v) is 15.9. The lowest BCUT2D eigenvalue weighted by Gasteiger charge is -2.36. The maximum atomic E-state index is 12.9. The Labute approximate surface area is 143 Å². The number of hydrogen-bond donors (Lipinski definition) is 1. The minimum absolute atomic E-state index is 0.00991. The zero-order valence-electron chi connectivity index (χ0n) is 11.9. The Kier molecular flexibility index (Phi) is 5.87. The van der Waals surface area contributed by atoms with E-state index in [1.807, 2.05) is 0 Å². The lowest BCUT2D eigenvalue weighted by molar-refractivity contribution is 0.204. The third-order valence-electron chi connectivity index (χ3n) is 4.19. The first-order chi connectivity index (χ1) is 9.87. The Hall–Kier alpha value is 0.0500. The highest BCUT2D eigenvalue weighted by Gasteiger charge is 2.35. The molecule has 0 aromatic heterocycles. The molecule has 0 aliphatic heterocycles. The molecule has 1 aliphatic carbocycles. The lowest BCUT2D eigenvalue weighted by Crippen LogP contribution is -2.45. The summed E-state index contributed by atoms with van der Waals surface area (Å²) in [6.07, 6.45) is 4.07. The van der Waals surface area contributed by atoms with Gasteiger partial charge in [-0.15, -0.1) is 0 Å². The van der Waals surface area contributed by atoms with Crippen LogP contribution in [0.1, 0.15) is 25.7 Å². The molecular formula is C14H20Br2N2O2S. The molecule has 1 aromatic carbocycles. The van der Waals surface area contributed by atoms with Crippen LogP contribution in [0.4, 0.5) is 0 Å². The molecule has 2 atom stereocenters. The molecule has 1 saturated carbocycles. The van der Waals surface area contributed by atoms with Gasteiger partial charge < -0.3 is 5.73 Å². The maximum Gasteiger partial charge on any atom is 0.244 e. The van der Waals surface area contributed by atoms with Crippen molar-refractivity contribution >= 4 is 41.9 Å². The van der Waals surface area contributed by atoms with Gasteiger partial charge >= 0.3 is 0 Å². The smallest absolute Gasteiger partial charge is 0.244 e. The Morgan fingerprint density at radius 1 is 1.29 bits per heavy atom. The molecule has 2 unspecified atom stereocenters. The Bertz CT molecular complexity index is 607. The van der Waals surface area contributed by atoms with Crippen LogP contribution in [-0.2, 0) is 10.0 Å². The molecule has 0 spiro atoms. The molecule has 0 saturated heterocycles. The van der Waals surface area contributed by atoms with E-state index in [1.165, 1.54) is 4.31 Å². The number of benzene rings is 1.